The zero-order chi connectivity index (χ0) is 13.2. The third kappa shape index (κ3) is 2.52. The highest BCUT2D eigenvalue weighted by Gasteiger charge is 2.26. The first-order valence-corrected chi connectivity index (χ1v) is 7.17. The van der Waals surface area contributed by atoms with E-state index in [0.29, 0.717) is 11.3 Å². The molecule has 19 heavy (non-hydrogen) atoms. The van der Waals surface area contributed by atoms with Crippen molar-refractivity contribution in [1.82, 2.24) is 0 Å². The van der Waals surface area contributed by atoms with E-state index >= 15 is 0 Å². The SMILES string of the molecule is O=C1ON=C(c2ccccc2)C1=Cc1ccc(Br)s1. The molecule has 5 heteroatoms. The number of carbonyl (C=O) groups excluding carboxylic acids is 1. The summed E-state index contributed by atoms with van der Waals surface area (Å²) in [5.41, 5.74) is 1.94. The molecular weight excluding hydrogens is 326 g/mol. The van der Waals surface area contributed by atoms with Gasteiger partial charge in [-0.1, -0.05) is 35.5 Å². The summed E-state index contributed by atoms with van der Waals surface area (Å²) < 4.78 is 1.02. The number of hydrogen-bond donors (Lipinski definition) is 0. The largest absolute Gasteiger partial charge is 0.368 e. The van der Waals surface area contributed by atoms with Gasteiger partial charge in [0.15, 0.2) is 0 Å². The Balaban J connectivity index is 2.01. The van der Waals surface area contributed by atoms with Crippen LogP contribution in [0.4, 0.5) is 0 Å². The molecule has 1 aromatic carbocycles. The predicted molar refractivity (Wildman–Crippen MR) is 79.1 cm³/mol. The molecule has 0 saturated heterocycles. The second kappa shape index (κ2) is 5.11. The Morgan fingerprint density at radius 3 is 2.63 bits per heavy atom. The lowest BCUT2D eigenvalue weighted by Crippen LogP contribution is -2.06. The van der Waals surface area contributed by atoms with Gasteiger partial charge in [0.1, 0.15) is 5.71 Å². The van der Waals surface area contributed by atoms with E-state index in [1.807, 2.05) is 42.5 Å². The van der Waals surface area contributed by atoms with Crippen LogP contribution in [0.1, 0.15) is 10.4 Å². The summed E-state index contributed by atoms with van der Waals surface area (Å²) >= 11 is 4.95. The second-order valence-corrected chi connectivity index (χ2v) is 6.38. The first-order chi connectivity index (χ1) is 9.24. The van der Waals surface area contributed by atoms with Crippen molar-refractivity contribution in [2.45, 2.75) is 0 Å². The molecule has 0 fully saturated rings. The molecule has 2 aromatic rings. The summed E-state index contributed by atoms with van der Waals surface area (Å²) in [7, 11) is 0. The summed E-state index contributed by atoms with van der Waals surface area (Å²) in [6, 6.07) is 13.4. The maximum atomic E-state index is 11.8. The minimum absolute atomic E-state index is 0.414. The van der Waals surface area contributed by atoms with Gasteiger partial charge < -0.3 is 4.84 Å². The quantitative estimate of drug-likeness (QED) is 0.618. The summed E-state index contributed by atoms with van der Waals surface area (Å²) in [6.07, 6.45) is 1.80. The summed E-state index contributed by atoms with van der Waals surface area (Å²) in [6.45, 7) is 0. The molecule has 0 amide bonds. The fraction of sp³-hybridized carbons (Fsp3) is 0. The lowest BCUT2D eigenvalue weighted by Gasteiger charge is -1.98. The highest BCUT2D eigenvalue weighted by Crippen LogP contribution is 2.27. The highest BCUT2D eigenvalue weighted by molar-refractivity contribution is 9.11. The Kier molecular flexibility index (Phi) is 3.31. The zero-order valence-corrected chi connectivity index (χ0v) is 12.1. The normalized spacial score (nSPS) is 16.6. The third-order valence-electron chi connectivity index (χ3n) is 2.62. The van der Waals surface area contributed by atoms with E-state index < -0.39 is 5.97 Å². The van der Waals surface area contributed by atoms with Crippen molar-refractivity contribution >= 4 is 45.0 Å². The van der Waals surface area contributed by atoms with Gasteiger partial charge in [-0.3, -0.25) is 0 Å². The first-order valence-electron chi connectivity index (χ1n) is 5.56. The van der Waals surface area contributed by atoms with Gasteiger partial charge in [0.2, 0.25) is 0 Å². The van der Waals surface area contributed by atoms with E-state index in [4.69, 9.17) is 4.84 Å². The van der Waals surface area contributed by atoms with E-state index in [1.54, 1.807) is 17.4 Å². The Morgan fingerprint density at radius 1 is 1.16 bits per heavy atom. The zero-order valence-electron chi connectivity index (χ0n) is 9.67. The van der Waals surface area contributed by atoms with Gasteiger partial charge in [-0.05, 0) is 34.1 Å². The maximum absolute atomic E-state index is 11.8. The molecule has 1 aromatic heterocycles. The molecule has 1 aliphatic heterocycles. The summed E-state index contributed by atoms with van der Waals surface area (Å²) in [5.74, 6) is -0.414. The molecule has 0 aliphatic carbocycles. The summed E-state index contributed by atoms with van der Waals surface area (Å²) in [5, 5.41) is 3.86. The standard InChI is InChI=1S/C14H8BrNO2S/c15-12-7-6-10(19-12)8-11-13(16-18-14(11)17)9-4-2-1-3-5-9/h1-8H. The van der Waals surface area contributed by atoms with Crippen molar-refractivity contribution < 1.29 is 9.63 Å². The van der Waals surface area contributed by atoms with Crippen LogP contribution in [0.25, 0.3) is 6.08 Å². The van der Waals surface area contributed by atoms with E-state index in [0.717, 1.165) is 14.2 Å². The number of carbonyl (C=O) groups is 1. The lowest BCUT2D eigenvalue weighted by molar-refractivity contribution is -0.136. The lowest BCUT2D eigenvalue weighted by atomic mass is 10.0. The van der Waals surface area contributed by atoms with Crippen molar-refractivity contribution in [3.05, 3.63) is 62.3 Å². The van der Waals surface area contributed by atoms with Crippen LogP contribution >= 0.6 is 27.3 Å². The van der Waals surface area contributed by atoms with Crippen molar-refractivity contribution in [3.63, 3.8) is 0 Å². The number of nitrogens with zero attached hydrogens (tertiary/aromatic N) is 1. The van der Waals surface area contributed by atoms with Gasteiger partial charge in [-0.15, -0.1) is 11.3 Å². The van der Waals surface area contributed by atoms with E-state index in [-0.39, 0.29) is 0 Å². The number of oxime groups is 1. The molecule has 3 rings (SSSR count). The number of rotatable bonds is 2. The van der Waals surface area contributed by atoms with Crippen molar-refractivity contribution in [2.24, 2.45) is 5.16 Å². The molecule has 0 unspecified atom stereocenters. The minimum Gasteiger partial charge on any atom is -0.312 e. The van der Waals surface area contributed by atoms with Crippen LogP contribution in [0.5, 0.6) is 0 Å². The molecule has 2 heterocycles. The minimum atomic E-state index is -0.414. The van der Waals surface area contributed by atoms with Crippen LogP contribution in [0.2, 0.25) is 0 Å². The van der Waals surface area contributed by atoms with E-state index in [2.05, 4.69) is 21.1 Å². The molecule has 0 N–H and O–H groups in total. The Labute approximate surface area is 122 Å². The van der Waals surface area contributed by atoms with Crippen LogP contribution < -0.4 is 0 Å². The Bertz CT molecular complexity index is 688. The molecule has 0 atom stereocenters. The van der Waals surface area contributed by atoms with Gasteiger partial charge in [-0.25, -0.2) is 4.79 Å². The number of thiophene rings is 1. The molecule has 0 bridgehead atoms. The summed E-state index contributed by atoms with van der Waals surface area (Å²) in [4.78, 5) is 17.5. The monoisotopic (exact) mass is 333 g/mol. The number of benzene rings is 1. The van der Waals surface area contributed by atoms with Gasteiger partial charge >= 0.3 is 5.97 Å². The fourth-order valence-corrected chi connectivity index (χ4v) is 3.13. The van der Waals surface area contributed by atoms with Crippen molar-refractivity contribution in [2.75, 3.05) is 0 Å². The smallest absolute Gasteiger partial charge is 0.312 e. The number of halogens is 1. The molecule has 1 aliphatic rings. The number of hydrogen-bond acceptors (Lipinski definition) is 4. The Hall–Kier alpha value is -1.72. The second-order valence-electron chi connectivity index (χ2n) is 3.88. The molecule has 0 spiro atoms. The topological polar surface area (TPSA) is 38.7 Å². The van der Waals surface area contributed by atoms with Crippen LogP contribution in [0, 0.1) is 0 Å². The predicted octanol–water partition coefficient (Wildman–Crippen LogP) is 3.86. The Morgan fingerprint density at radius 2 is 1.95 bits per heavy atom. The molecule has 0 saturated carbocycles. The van der Waals surface area contributed by atoms with Crippen LogP contribution in [-0.4, -0.2) is 11.7 Å². The maximum Gasteiger partial charge on any atom is 0.368 e. The fourth-order valence-electron chi connectivity index (χ4n) is 1.76. The van der Waals surface area contributed by atoms with Gasteiger partial charge in [0.05, 0.1) is 9.36 Å². The molecule has 94 valence electrons. The van der Waals surface area contributed by atoms with Crippen LogP contribution in [0.15, 0.2) is 57.0 Å². The van der Waals surface area contributed by atoms with Crippen molar-refractivity contribution in [3.8, 4) is 0 Å². The van der Waals surface area contributed by atoms with Crippen LogP contribution in [-0.2, 0) is 9.63 Å². The first kappa shape index (κ1) is 12.3. The average molecular weight is 334 g/mol. The van der Waals surface area contributed by atoms with Crippen LogP contribution in [0.3, 0.4) is 0 Å². The van der Waals surface area contributed by atoms with Crippen molar-refractivity contribution in [1.29, 1.82) is 0 Å². The average Bonchev–Trinajstić information content (AvgIpc) is 2.99. The van der Waals surface area contributed by atoms with Gasteiger partial charge in [0.25, 0.3) is 0 Å². The molecular formula is C14H8BrNO2S. The van der Waals surface area contributed by atoms with Gasteiger partial charge in [-0.2, -0.15) is 0 Å². The van der Waals surface area contributed by atoms with E-state index in [1.165, 1.54) is 0 Å². The molecule has 3 nitrogen and oxygen atoms in total. The third-order valence-corrected chi connectivity index (χ3v) is 4.19. The molecule has 0 radical (unpaired) electrons. The van der Waals surface area contributed by atoms with Gasteiger partial charge in [0, 0.05) is 10.4 Å². The van der Waals surface area contributed by atoms with E-state index in [9.17, 15) is 4.79 Å². The highest BCUT2D eigenvalue weighted by atomic mass is 79.9.